The van der Waals surface area contributed by atoms with Crippen molar-refractivity contribution in [3.8, 4) is 11.3 Å². The SMILES string of the molecule is O=C(NN1C(=O)/C(=C\c2ccc(-c3ccc(Cl)c([N+](=O)[O-])c3)o2)SC1=S)c1ccccc1. The van der Waals surface area contributed by atoms with Gasteiger partial charge >= 0.3 is 0 Å². The van der Waals surface area contributed by atoms with E-state index in [9.17, 15) is 19.7 Å². The van der Waals surface area contributed by atoms with E-state index in [0.29, 0.717) is 22.6 Å². The van der Waals surface area contributed by atoms with E-state index in [4.69, 9.17) is 28.2 Å². The largest absolute Gasteiger partial charge is 0.457 e. The monoisotopic (exact) mass is 485 g/mol. The Hall–Kier alpha value is -3.47. The molecule has 1 aliphatic heterocycles. The topological polar surface area (TPSA) is 106 Å². The maximum Gasteiger partial charge on any atom is 0.288 e. The fraction of sp³-hybridized carbons (Fsp3) is 0. The number of nitrogens with zero attached hydrogens (tertiary/aromatic N) is 2. The molecule has 160 valence electrons. The lowest BCUT2D eigenvalue weighted by atomic mass is 10.1. The van der Waals surface area contributed by atoms with Crippen LogP contribution in [0.2, 0.25) is 5.02 Å². The van der Waals surface area contributed by atoms with Crippen molar-refractivity contribution in [1.82, 2.24) is 10.4 Å². The summed E-state index contributed by atoms with van der Waals surface area (Å²) in [6.45, 7) is 0. The smallest absolute Gasteiger partial charge is 0.288 e. The van der Waals surface area contributed by atoms with Gasteiger partial charge in [0.15, 0.2) is 4.32 Å². The molecule has 2 heterocycles. The van der Waals surface area contributed by atoms with E-state index in [-0.39, 0.29) is 19.9 Å². The van der Waals surface area contributed by atoms with Crippen LogP contribution in [0.25, 0.3) is 17.4 Å². The van der Waals surface area contributed by atoms with Gasteiger partial charge in [0.05, 0.1) is 9.83 Å². The summed E-state index contributed by atoms with van der Waals surface area (Å²) in [6, 6.07) is 16.0. The molecule has 2 amide bonds. The molecule has 0 aliphatic carbocycles. The van der Waals surface area contributed by atoms with E-state index in [0.717, 1.165) is 16.8 Å². The Bertz CT molecular complexity index is 1290. The predicted octanol–water partition coefficient (Wildman–Crippen LogP) is 5.05. The molecule has 2 aromatic carbocycles. The molecule has 1 N–H and O–H groups in total. The van der Waals surface area contributed by atoms with Crippen LogP contribution in [0.15, 0.2) is 70.0 Å². The zero-order valence-corrected chi connectivity index (χ0v) is 18.4. The minimum absolute atomic E-state index is 0.0201. The van der Waals surface area contributed by atoms with E-state index in [1.807, 2.05) is 0 Å². The lowest BCUT2D eigenvalue weighted by Crippen LogP contribution is -2.44. The Balaban J connectivity index is 1.53. The van der Waals surface area contributed by atoms with Crippen LogP contribution in [-0.2, 0) is 4.79 Å². The molecule has 1 fully saturated rings. The molecule has 0 radical (unpaired) electrons. The molecule has 8 nitrogen and oxygen atoms in total. The second-order valence-corrected chi connectivity index (χ2v) is 8.53. The molecule has 11 heteroatoms. The highest BCUT2D eigenvalue weighted by Crippen LogP contribution is 2.34. The first kappa shape index (κ1) is 21.8. The first-order valence-corrected chi connectivity index (χ1v) is 10.6. The Morgan fingerprint density at radius 1 is 1.19 bits per heavy atom. The third kappa shape index (κ3) is 4.42. The molecule has 4 rings (SSSR count). The average Bonchev–Trinajstić information content (AvgIpc) is 3.35. The Morgan fingerprint density at radius 2 is 1.94 bits per heavy atom. The number of hydrogen-bond donors (Lipinski definition) is 1. The molecule has 0 atom stereocenters. The summed E-state index contributed by atoms with van der Waals surface area (Å²) in [5, 5.41) is 12.1. The van der Waals surface area contributed by atoms with E-state index < -0.39 is 16.7 Å². The lowest BCUT2D eigenvalue weighted by molar-refractivity contribution is -0.384. The van der Waals surface area contributed by atoms with Gasteiger partial charge in [-0.15, -0.1) is 0 Å². The van der Waals surface area contributed by atoms with Crippen LogP contribution in [0.3, 0.4) is 0 Å². The maximum absolute atomic E-state index is 12.7. The number of thiocarbonyl (C=S) groups is 1. The molecule has 3 aromatic rings. The van der Waals surface area contributed by atoms with Crippen LogP contribution < -0.4 is 5.43 Å². The average molecular weight is 486 g/mol. The molecule has 0 saturated carbocycles. The van der Waals surface area contributed by atoms with Crippen molar-refractivity contribution in [2.75, 3.05) is 0 Å². The maximum atomic E-state index is 12.7. The normalized spacial score (nSPS) is 14.8. The van der Waals surface area contributed by atoms with E-state index >= 15 is 0 Å². The number of furan rings is 1. The number of nitrogens with one attached hydrogen (secondary N) is 1. The van der Waals surface area contributed by atoms with Crippen molar-refractivity contribution in [3.63, 3.8) is 0 Å². The number of carbonyl (C=O) groups is 2. The third-order valence-corrected chi connectivity index (χ3v) is 5.99. The summed E-state index contributed by atoms with van der Waals surface area (Å²) in [5.74, 6) is -0.256. The minimum Gasteiger partial charge on any atom is -0.457 e. The second-order valence-electron chi connectivity index (χ2n) is 6.45. The number of rotatable bonds is 5. The van der Waals surface area contributed by atoms with Gasteiger partial charge in [-0.05, 0) is 48.6 Å². The molecule has 0 spiro atoms. The van der Waals surface area contributed by atoms with Crippen LogP contribution in [-0.4, -0.2) is 26.1 Å². The Kier molecular flexibility index (Phi) is 6.08. The summed E-state index contributed by atoms with van der Waals surface area (Å²) in [6.07, 6.45) is 1.49. The van der Waals surface area contributed by atoms with Gasteiger partial charge in [-0.2, -0.15) is 5.01 Å². The lowest BCUT2D eigenvalue weighted by Gasteiger charge is -2.15. The van der Waals surface area contributed by atoms with Gasteiger partial charge in [0.25, 0.3) is 17.5 Å². The zero-order chi connectivity index (χ0) is 22.8. The van der Waals surface area contributed by atoms with Crippen LogP contribution in [0, 0.1) is 10.1 Å². The fourth-order valence-corrected chi connectivity index (χ4v) is 4.19. The molecular formula is C21H12ClN3O5S2. The summed E-state index contributed by atoms with van der Waals surface area (Å²) >= 11 is 12.1. The number of hydrogen-bond acceptors (Lipinski definition) is 7. The van der Waals surface area contributed by atoms with Crippen molar-refractivity contribution in [3.05, 3.63) is 92.0 Å². The molecule has 0 bridgehead atoms. The van der Waals surface area contributed by atoms with E-state index in [1.54, 1.807) is 48.5 Å². The van der Waals surface area contributed by atoms with Gasteiger partial charge in [-0.3, -0.25) is 25.1 Å². The fourth-order valence-electron chi connectivity index (χ4n) is 2.84. The highest BCUT2D eigenvalue weighted by Gasteiger charge is 2.34. The quantitative estimate of drug-likeness (QED) is 0.233. The van der Waals surface area contributed by atoms with Gasteiger partial charge in [-0.25, -0.2) is 0 Å². The molecule has 1 aliphatic rings. The predicted molar refractivity (Wildman–Crippen MR) is 125 cm³/mol. The summed E-state index contributed by atoms with van der Waals surface area (Å²) in [5.41, 5.74) is 3.11. The van der Waals surface area contributed by atoms with Crippen molar-refractivity contribution < 1.29 is 18.9 Å². The summed E-state index contributed by atoms with van der Waals surface area (Å²) in [4.78, 5) is 35.8. The molecule has 32 heavy (non-hydrogen) atoms. The van der Waals surface area contributed by atoms with Crippen LogP contribution in [0.5, 0.6) is 0 Å². The zero-order valence-electron chi connectivity index (χ0n) is 16.0. The number of thioether (sulfide) groups is 1. The van der Waals surface area contributed by atoms with E-state index in [2.05, 4.69) is 5.43 Å². The number of carbonyl (C=O) groups excluding carboxylic acids is 2. The Labute approximate surface area is 196 Å². The highest BCUT2D eigenvalue weighted by molar-refractivity contribution is 8.26. The summed E-state index contributed by atoms with van der Waals surface area (Å²) in [7, 11) is 0. The van der Waals surface area contributed by atoms with Crippen molar-refractivity contribution in [2.24, 2.45) is 0 Å². The highest BCUT2D eigenvalue weighted by atomic mass is 35.5. The van der Waals surface area contributed by atoms with Crippen LogP contribution in [0.1, 0.15) is 16.1 Å². The first-order valence-electron chi connectivity index (χ1n) is 9.01. The van der Waals surface area contributed by atoms with Gasteiger partial charge < -0.3 is 4.42 Å². The standard InChI is InChI=1S/C21H12ClN3O5S2/c22-15-8-6-13(10-16(15)25(28)29)17-9-7-14(30-17)11-18-20(27)24(21(31)32-18)23-19(26)12-4-2-1-3-5-12/h1-11H,(H,23,26)/b18-11+. The van der Waals surface area contributed by atoms with Crippen molar-refractivity contribution >= 4 is 63.5 Å². The number of nitro groups is 1. The molecule has 1 aromatic heterocycles. The number of nitro benzene ring substituents is 1. The van der Waals surface area contributed by atoms with Gasteiger partial charge in [-0.1, -0.05) is 41.6 Å². The van der Waals surface area contributed by atoms with Crippen LogP contribution >= 0.6 is 35.6 Å². The molecule has 0 unspecified atom stereocenters. The number of halogens is 1. The number of benzene rings is 2. The van der Waals surface area contributed by atoms with Gasteiger partial charge in [0.1, 0.15) is 16.5 Å². The van der Waals surface area contributed by atoms with Crippen molar-refractivity contribution in [1.29, 1.82) is 0 Å². The molecular weight excluding hydrogens is 474 g/mol. The third-order valence-electron chi connectivity index (χ3n) is 4.37. The number of amides is 2. The minimum atomic E-state index is -0.579. The van der Waals surface area contributed by atoms with Gasteiger partial charge in [0, 0.05) is 23.3 Å². The van der Waals surface area contributed by atoms with E-state index in [1.165, 1.54) is 18.2 Å². The van der Waals surface area contributed by atoms with Crippen LogP contribution in [0.4, 0.5) is 5.69 Å². The first-order chi connectivity index (χ1) is 15.3. The second kappa shape index (κ2) is 8.95. The molecule has 1 saturated heterocycles. The van der Waals surface area contributed by atoms with Gasteiger partial charge in [0.2, 0.25) is 0 Å². The number of hydrazine groups is 1. The summed E-state index contributed by atoms with van der Waals surface area (Å²) < 4.78 is 5.89. The Morgan fingerprint density at radius 3 is 2.66 bits per heavy atom. The van der Waals surface area contributed by atoms with Crippen molar-refractivity contribution in [2.45, 2.75) is 0 Å².